The first-order chi connectivity index (χ1) is 7.65. The summed E-state index contributed by atoms with van der Waals surface area (Å²) in [5.74, 6) is 0. The first-order valence-electron chi connectivity index (χ1n) is 4.95. The minimum absolute atomic E-state index is 0.806. The predicted octanol–water partition coefficient (Wildman–Crippen LogP) is 4.49. The Morgan fingerprint density at radius 1 is 1.12 bits per heavy atom. The summed E-state index contributed by atoms with van der Waals surface area (Å²) in [7, 11) is 0. The van der Waals surface area contributed by atoms with E-state index in [4.69, 9.17) is 5.73 Å². The van der Waals surface area contributed by atoms with Crippen molar-refractivity contribution < 1.29 is 0 Å². The third kappa shape index (κ3) is 2.80. The lowest BCUT2D eigenvalue weighted by atomic mass is 10.2. The molecule has 2 rings (SSSR count). The standard InChI is InChI=1S/C13H12BrNS/c1-9-3-2-4-11(7-9)16-13-6-5-10(14)8-12(13)15/h2-8H,15H2,1H3. The van der Waals surface area contributed by atoms with Gasteiger partial charge in [0.25, 0.3) is 0 Å². The van der Waals surface area contributed by atoms with Gasteiger partial charge in [-0.2, -0.15) is 0 Å². The monoisotopic (exact) mass is 293 g/mol. The highest BCUT2D eigenvalue weighted by atomic mass is 79.9. The van der Waals surface area contributed by atoms with Gasteiger partial charge in [0.2, 0.25) is 0 Å². The number of hydrogen-bond acceptors (Lipinski definition) is 2. The normalized spacial score (nSPS) is 10.4. The molecule has 0 heterocycles. The number of nitrogen functional groups attached to an aromatic ring is 1. The van der Waals surface area contributed by atoms with Crippen molar-refractivity contribution in [2.24, 2.45) is 0 Å². The molecule has 0 radical (unpaired) electrons. The molecule has 2 N–H and O–H groups in total. The zero-order valence-corrected chi connectivity index (χ0v) is 11.3. The summed E-state index contributed by atoms with van der Waals surface area (Å²) in [6.07, 6.45) is 0. The van der Waals surface area contributed by atoms with Crippen LogP contribution in [0.2, 0.25) is 0 Å². The molecule has 0 aliphatic carbocycles. The van der Waals surface area contributed by atoms with Crippen LogP contribution < -0.4 is 5.73 Å². The van der Waals surface area contributed by atoms with Crippen LogP contribution in [-0.4, -0.2) is 0 Å². The van der Waals surface area contributed by atoms with Crippen molar-refractivity contribution in [3.63, 3.8) is 0 Å². The Bertz CT molecular complexity index is 511. The Balaban J connectivity index is 2.27. The molecule has 0 aliphatic heterocycles. The van der Waals surface area contributed by atoms with Crippen molar-refractivity contribution in [2.75, 3.05) is 5.73 Å². The number of anilines is 1. The highest BCUT2D eigenvalue weighted by molar-refractivity contribution is 9.10. The second kappa shape index (κ2) is 4.93. The second-order valence-electron chi connectivity index (χ2n) is 3.60. The van der Waals surface area contributed by atoms with E-state index in [9.17, 15) is 0 Å². The largest absolute Gasteiger partial charge is 0.398 e. The van der Waals surface area contributed by atoms with Crippen molar-refractivity contribution in [1.29, 1.82) is 0 Å². The van der Waals surface area contributed by atoms with Crippen LogP contribution in [0.3, 0.4) is 0 Å². The molecule has 0 aliphatic rings. The quantitative estimate of drug-likeness (QED) is 0.826. The fourth-order valence-corrected chi connectivity index (χ4v) is 2.76. The molecule has 0 fully saturated rings. The smallest absolute Gasteiger partial charge is 0.0467 e. The summed E-state index contributed by atoms with van der Waals surface area (Å²) in [6, 6.07) is 14.4. The molecule has 2 aromatic carbocycles. The molecular weight excluding hydrogens is 282 g/mol. The first kappa shape index (κ1) is 11.6. The van der Waals surface area contributed by atoms with Gasteiger partial charge in [0.1, 0.15) is 0 Å². The third-order valence-corrected chi connectivity index (χ3v) is 3.76. The van der Waals surface area contributed by atoms with Gasteiger partial charge in [-0.1, -0.05) is 45.4 Å². The van der Waals surface area contributed by atoms with Gasteiger partial charge in [-0.25, -0.2) is 0 Å². The van der Waals surface area contributed by atoms with Gasteiger partial charge in [-0.05, 0) is 37.3 Å². The van der Waals surface area contributed by atoms with Crippen LogP contribution in [0.25, 0.3) is 0 Å². The van der Waals surface area contributed by atoms with E-state index in [0.29, 0.717) is 0 Å². The van der Waals surface area contributed by atoms with E-state index in [2.05, 4.69) is 47.1 Å². The van der Waals surface area contributed by atoms with Crippen LogP contribution in [0.5, 0.6) is 0 Å². The van der Waals surface area contributed by atoms with Crippen LogP contribution >= 0.6 is 27.7 Å². The first-order valence-corrected chi connectivity index (χ1v) is 6.55. The number of benzene rings is 2. The summed E-state index contributed by atoms with van der Waals surface area (Å²) in [5, 5.41) is 0. The number of rotatable bonds is 2. The third-order valence-electron chi connectivity index (χ3n) is 2.19. The van der Waals surface area contributed by atoms with E-state index in [-0.39, 0.29) is 0 Å². The van der Waals surface area contributed by atoms with Crippen molar-refractivity contribution >= 4 is 33.4 Å². The molecule has 16 heavy (non-hydrogen) atoms. The van der Waals surface area contributed by atoms with Crippen LogP contribution in [0, 0.1) is 6.92 Å². The number of aryl methyl sites for hydroxylation is 1. The van der Waals surface area contributed by atoms with Gasteiger partial charge >= 0.3 is 0 Å². The van der Waals surface area contributed by atoms with Crippen molar-refractivity contribution in [3.8, 4) is 0 Å². The van der Waals surface area contributed by atoms with Crippen molar-refractivity contribution in [1.82, 2.24) is 0 Å². The van der Waals surface area contributed by atoms with Gasteiger partial charge < -0.3 is 5.73 Å². The average molecular weight is 294 g/mol. The van der Waals surface area contributed by atoms with E-state index >= 15 is 0 Å². The molecule has 0 atom stereocenters. The number of halogens is 1. The minimum atomic E-state index is 0.806. The molecule has 3 heteroatoms. The van der Waals surface area contributed by atoms with Crippen LogP contribution in [0.4, 0.5) is 5.69 Å². The van der Waals surface area contributed by atoms with Gasteiger partial charge in [-0.3, -0.25) is 0 Å². The molecule has 0 saturated heterocycles. The molecule has 82 valence electrons. The van der Waals surface area contributed by atoms with Gasteiger partial charge in [0.05, 0.1) is 0 Å². The van der Waals surface area contributed by atoms with Crippen molar-refractivity contribution in [2.45, 2.75) is 16.7 Å². The van der Waals surface area contributed by atoms with E-state index in [1.807, 2.05) is 18.2 Å². The molecule has 0 aromatic heterocycles. The predicted molar refractivity (Wildman–Crippen MR) is 73.9 cm³/mol. The molecule has 1 nitrogen and oxygen atoms in total. The number of hydrogen-bond donors (Lipinski definition) is 1. The van der Waals surface area contributed by atoms with E-state index in [1.54, 1.807) is 11.8 Å². The van der Waals surface area contributed by atoms with E-state index < -0.39 is 0 Å². The van der Waals surface area contributed by atoms with Crippen LogP contribution in [-0.2, 0) is 0 Å². The Kier molecular flexibility index (Phi) is 3.56. The highest BCUT2D eigenvalue weighted by Gasteiger charge is 2.02. The maximum absolute atomic E-state index is 5.96. The topological polar surface area (TPSA) is 26.0 Å². The van der Waals surface area contributed by atoms with Crippen LogP contribution in [0.1, 0.15) is 5.56 Å². The molecule has 0 saturated carbocycles. The highest BCUT2D eigenvalue weighted by Crippen LogP contribution is 2.33. The molecule has 0 spiro atoms. The van der Waals surface area contributed by atoms with Crippen LogP contribution in [0.15, 0.2) is 56.7 Å². The van der Waals surface area contributed by atoms with Gasteiger partial charge in [-0.15, -0.1) is 0 Å². The Labute approximate surface area is 108 Å². The van der Waals surface area contributed by atoms with Gasteiger partial charge in [0, 0.05) is 20.0 Å². The summed E-state index contributed by atoms with van der Waals surface area (Å²) >= 11 is 5.10. The second-order valence-corrected chi connectivity index (χ2v) is 5.63. The zero-order chi connectivity index (χ0) is 11.5. The van der Waals surface area contributed by atoms with E-state index in [1.165, 1.54) is 10.5 Å². The fraction of sp³-hybridized carbons (Fsp3) is 0.0769. The molecule has 2 aromatic rings. The molecule has 0 bridgehead atoms. The minimum Gasteiger partial charge on any atom is -0.398 e. The SMILES string of the molecule is Cc1cccc(Sc2ccc(Br)cc2N)c1. The Morgan fingerprint density at radius 2 is 1.94 bits per heavy atom. The zero-order valence-electron chi connectivity index (χ0n) is 8.91. The summed E-state index contributed by atoms with van der Waals surface area (Å²) in [4.78, 5) is 2.31. The lowest BCUT2D eigenvalue weighted by molar-refractivity contribution is 1.34. The van der Waals surface area contributed by atoms with Gasteiger partial charge in [0.15, 0.2) is 0 Å². The number of nitrogens with two attached hydrogens (primary N) is 1. The fourth-order valence-electron chi connectivity index (χ4n) is 1.42. The molecule has 0 unspecified atom stereocenters. The lowest BCUT2D eigenvalue weighted by Crippen LogP contribution is -1.88. The molecular formula is C13H12BrNS. The van der Waals surface area contributed by atoms with E-state index in [0.717, 1.165) is 15.1 Å². The maximum Gasteiger partial charge on any atom is 0.0467 e. The van der Waals surface area contributed by atoms with Crippen molar-refractivity contribution in [3.05, 3.63) is 52.5 Å². The average Bonchev–Trinajstić information content (AvgIpc) is 2.22. The maximum atomic E-state index is 5.96. The summed E-state index contributed by atoms with van der Waals surface area (Å²) < 4.78 is 1.01. The Morgan fingerprint density at radius 3 is 2.62 bits per heavy atom. The summed E-state index contributed by atoms with van der Waals surface area (Å²) in [5.41, 5.74) is 8.03. The molecule has 0 amide bonds. The summed E-state index contributed by atoms with van der Waals surface area (Å²) in [6.45, 7) is 2.09. The lowest BCUT2D eigenvalue weighted by Gasteiger charge is -2.06. The Hall–Kier alpha value is -0.930.